The zero-order valence-corrected chi connectivity index (χ0v) is 15.0. The molecule has 3 rings (SSSR count). The van der Waals surface area contributed by atoms with Crippen molar-refractivity contribution in [2.75, 3.05) is 26.2 Å². The first kappa shape index (κ1) is 17.5. The number of hydrogen-bond donors (Lipinski definition) is 1. The fourth-order valence-corrected chi connectivity index (χ4v) is 4.27. The molecule has 2 aliphatic heterocycles. The Morgan fingerprint density at radius 2 is 1.96 bits per heavy atom. The first-order valence-electron chi connectivity index (χ1n) is 9.75. The largest absolute Gasteiger partial charge is 0.343 e. The van der Waals surface area contributed by atoms with E-state index in [0.717, 1.165) is 57.8 Å². The van der Waals surface area contributed by atoms with Gasteiger partial charge in [-0.15, -0.1) is 0 Å². The van der Waals surface area contributed by atoms with Gasteiger partial charge in [0.05, 0.1) is 0 Å². The van der Waals surface area contributed by atoms with Crippen molar-refractivity contribution in [3.63, 3.8) is 0 Å². The van der Waals surface area contributed by atoms with E-state index < -0.39 is 0 Å². The molecule has 24 heavy (non-hydrogen) atoms. The molecule has 3 nitrogen and oxygen atoms in total. The average molecular weight is 329 g/mol. The molecule has 2 saturated heterocycles. The Morgan fingerprint density at radius 1 is 1.21 bits per heavy atom. The van der Waals surface area contributed by atoms with Crippen LogP contribution in [0.1, 0.15) is 44.6 Å². The van der Waals surface area contributed by atoms with Crippen molar-refractivity contribution in [2.24, 2.45) is 17.8 Å². The summed E-state index contributed by atoms with van der Waals surface area (Å²) in [5, 5.41) is 3.47. The first-order valence-corrected chi connectivity index (χ1v) is 9.75. The summed E-state index contributed by atoms with van der Waals surface area (Å²) in [7, 11) is 0. The van der Waals surface area contributed by atoms with Crippen molar-refractivity contribution in [1.29, 1.82) is 0 Å². The number of piperidine rings is 2. The topological polar surface area (TPSA) is 32.3 Å². The highest BCUT2D eigenvalue weighted by molar-refractivity contribution is 5.76. The molecule has 132 valence electrons. The summed E-state index contributed by atoms with van der Waals surface area (Å²) in [6.07, 6.45) is 6.73. The maximum atomic E-state index is 12.6. The van der Waals surface area contributed by atoms with Crippen LogP contribution in [0.4, 0.5) is 0 Å². The molecule has 2 heterocycles. The summed E-state index contributed by atoms with van der Waals surface area (Å²) < 4.78 is 0. The SMILES string of the molecule is CC(CC(=O)N1CCC(Cc2ccccc2)CC1)C1CCCNC1. The van der Waals surface area contributed by atoms with E-state index in [9.17, 15) is 4.79 Å². The van der Waals surface area contributed by atoms with Crippen LogP contribution in [0.3, 0.4) is 0 Å². The number of likely N-dealkylation sites (tertiary alicyclic amines) is 1. The van der Waals surface area contributed by atoms with E-state index in [4.69, 9.17) is 0 Å². The van der Waals surface area contributed by atoms with Crippen LogP contribution in [-0.4, -0.2) is 37.0 Å². The number of rotatable bonds is 5. The Hall–Kier alpha value is -1.35. The van der Waals surface area contributed by atoms with Gasteiger partial charge in [0.2, 0.25) is 5.91 Å². The van der Waals surface area contributed by atoms with Gasteiger partial charge in [-0.3, -0.25) is 4.79 Å². The lowest BCUT2D eigenvalue weighted by molar-refractivity contribution is -0.133. The molecule has 2 fully saturated rings. The van der Waals surface area contributed by atoms with E-state index in [1.54, 1.807) is 0 Å². The number of amides is 1. The number of carbonyl (C=O) groups is 1. The van der Waals surface area contributed by atoms with Gasteiger partial charge in [0, 0.05) is 19.5 Å². The van der Waals surface area contributed by atoms with Crippen LogP contribution in [0.15, 0.2) is 30.3 Å². The molecular weight excluding hydrogens is 296 g/mol. The van der Waals surface area contributed by atoms with Gasteiger partial charge >= 0.3 is 0 Å². The van der Waals surface area contributed by atoms with Crippen LogP contribution >= 0.6 is 0 Å². The third-order valence-electron chi connectivity index (χ3n) is 5.97. The Kier molecular flexibility index (Phi) is 6.30. The molecule has 0 radical (unpaired) electrons. The van der Waals surface area contributed by atoms with Crippen molar-refractivity contribution in [1.82, 2.24) is 10.2 Å². The molecule has 2 unspecified atom stereocenters. The lowest BCUT2D eigenvalue weighted by Gasteiger charge is -2.34. The Bertz CT molecular complexity index is 502. The summed E-state index contributed by atoms with van der Waals surface area (Å²) in [6.45, 7) is 6.40. The molecule has 2 aliphatic rings. The third kappa shape index (κ3) is 4.83. The fourth-order valence-electron chi connectivity index (χ4n) is 4.27. The van der Waals surface area contributed by atoms with Gasteiger partial charge in [0.1, 0.15) is 0 Å². The van der Waals surface area contributed by atoms with Crippen LogP contribution in [-0.2, 0) is 11.2 Å². The van der Waals surface area contributed by atoms with Crippen molar-refractivity contribution >= 4 is 5.91 Å². The summed E-state index contributed by atoms with van der Waals surface area (Å²) >= 11 is 0. The van der Waals surface area contributed by atoms with Crippen molar-refractivity contribution in [2.45, 2.75) is 45.4 Å². The monoisotopic (exact) mass is 328 g/mol. The van der Waals surface area contributed by atoms with Crippen LogP contribution in [0.5, 0.6) is 0 Å². The predicted octanol–water partition coefficient (Wildman–Crippen LogP) is 3.49. The lowest BCUT2D eigenvalue weighted by Crippen LogP contribution is -2.41. The maximum Gasteiger partial charge on any atom is 0.222 e. The Morgan fingerprint density at radius 3 is 2.62 bits per heavy atom. The van der Waals surface area contributed by atoms with Gasteiger partial charge in [0.15, 0.2) is 0 Å². The molecule has 1 N–H and O–H groups in total. The van der Waals surface area contributed by atoms with Gasteiger partial charge < -0.3 is 10.2 Å². The highest BCUT2D eigenvalue weighted by Crippen LogP contribution is 2.26. The average Bonchev–Trinajstić information content (AvgIpc) is 2.64. The van der Waals surface area contributed by atoms with E-state index in [2.05, 4.69) is 47.5 Å². The molecule has 0 spiro atoms. The molecule has 1 aromatic carbocycles. The number of hydrogen-bond acceptors (Lipinski definition) is 2. The first-order chi connectivity index (χ1) is 11.7. The van der Waals surface area contributed by atoms with E-state index in [1.807, 2.05) is 0 Å². The molecule has 1 amide bonds. The summed E-state index contributed by atoms with van der Waals surface area (Å²) in [5.74, 6) is 2.30. The minimum absolute atomic E-state index is 0.381. The molecule has 2 atom stereocenters. The van der Waals surface area contributed by atoms with Gasteiger partial charge in [-0.1, -0.05) is 37.3 Å². The van der Waals surface area contributed by atoms with E-state index in [0.29, 0.717) is 17.7 Å². The second-order valence-electron chi connectivity index (χ2n) is 7.80. The molecule has 0 aliphatic carbocycles. The van der Waals surface area contributed by atoms with Gasteiger partial charge in [-0.05, 0) is 68.5 Å². The van der Waals surface area contributed by atoms with Crippen LogP contribution in [0, 0.1) is 17.8 Å². The van der Waals surface area contributed by atoms with Crippen molar-refractivity contribution in [3.05, 3.63) is 35.9 Å². The number of benzene rings is 1. The van der Waals surface area contributed by atoms with Crippen molar-refractivity contribution < 1.29 is 4.79 Å². The Balaban J connectivity index is 1.41. The fraction of sp³-hybridized carbons (Fsp3) is 0.667. The van der Waals surface area contributed by atoms with Gasteiger partial charge in [-0.2, -0.15) is 0 Å². The quantitative estimate of drug-likeness (QED) is 0.897. The predicted molar refractivity (Wildman–Crippen MR) is 98.8 cm³/mol. The highest BCUT2D eigenvalue weighted by Gasteiger charge is 2.27. The minimum Gasteiger partial charge on any atom is -0.343 e. The minimum atomic E-state index is 0.381. The Labute approximate surface area is 146 Å². The molecule has 1 aromatic rings. The van der Waals surface area contributed by atoms with Gasteiger partial charge in [0.25, 0.3) is 0 Å². The number of carbonyl (C=O) groups excluding carboxylic acids is 1. The third-order valence-corrected chi connectivity index (χ3v) is 5.97. The number of nitrogens with zero attached hydrogens (tertiary/aromatic N) is 1. The van der Waals surface area contributed by atoms with E-state index >= 15 is 0 Å². The smallest absolute Gasteiger partial charge is 0.222 e. The highest BCUT2D eigenvalue weighted by atomic mass is 16.2. The second-order valence-corrected chi connectivity index (χ2v) is 7.80. The zero-order chi connectivity index (χ0) is 16.8. The molecule has 3 heteroatoms. The second kappa shape index (κ2) is 8.66. The molecule has 0 saturated carbocycles. The normalized spacial score (nSPS) is 23.9. The summed E-state index contributed by atoms with van der Waals surface area (Å²) in [5.41, 5.74) is 1.43. The van der Waals surface area contributed by atoms with Crippen LogP contribution in [0.25, 0.3) is 0 Å². The standard InChI is InChI=1S/C21H32N2O/c1-17(20-8-5-11-22-16-20)14-21(24)23-12-9-19(10-13-23)15-18-6-3-2-4-7-18/h2-4,6-7,17,19-20,22H,5,8-16H2,1H3. The molecule has 0 bridgehead atoms. The van der Waals surface area contributed by atoms with Crippen LogP contribution < -0.4 is 5.32 Å². The zero-order valence-electron chi connectivity index (χ0n) is 15.0. The van der Waals surface area contributed by atoms with Gasteiger partial charge in [-0.25, -0.2) is 0 Å². The molecular formula is C21H32N2O. The molecule has 0 aromatic heterocycles. The summed E-state index contributed by atoms with van der Waals surface area (Å²) in [6, 6.07) is 10.8. The van der Waals surface area contributed by atoms with Crippen molar-refractivity contribution in [3.8, 4) is 0 Å². The lowest BCUT2D eigenvalue weighted by atomic mass is 9.84. The maximum absolute atomic E-state index is 12.6. The summed E-state index contributed by atoms with van der Waals surface area (Å²) in [4.78, 5) is 14.7. The van der Waals surface area contributed by atoms with E-state index in [1.165, 1.54) is 18.4 Å². The van der Waals surface area contributed by atoms with E-state index in [-0.39, 0.29) is 0 Å². The van der Waals surface area contributed by atoms with Crippen LogP contribution in [0.2, 0.25) is 0 Å². The number of nitrogens with one attached hydrogen (secondary N) is 1.